The zero-order chi connectivity index (χ0) is 10.0. The molecule has 0 bridgehead atoms. The predicted molar refractivity (Wildman–Crippen MR) is 58.4 cm³/mol. The van der Waals surface area contributed by atoms with Crippen LogP contribution >= 0.6 is 0 Å². The molecule has 2 nitrogen and oxygen atoms in total. The number of nitrogens with two attached hydrogens (primary N) is 1. The second-order valence-corrected chi connectivity index (χ2v) is 4.33. The standard InChI is InChI=1S/C12H17NO/c1-12(8-2-3-9-12)14-11-6-4-10(13)5-7-11/h4-7H,2-3,8-9,13H2,1H3. The van der Waals surface area contributed by atoms with E-state index < -0.39 is 0 Å². The van der Waals surface area contributed by atoms with Gasteiger partial charge in [0.15, 0.2) is 0 Å². The van der Waals surface area contributed by atoms with Crippen LogP contribution in [0.2, 0.25) is 0 Å². The molecule has 1 aliphatic carbocycles. The highest BCUT2D eigenvalue weighted by Gasteiger charge is 2.30. The van der Waals surface area contributed by atoms with Gasteiger partial charge in [-0.2, -0.15) is 0 Å². The van der Waals surface area contributed by atoms with Crippen LogP contribution in [0.5, 0.6) is 5.75 Å². The monoisotopic (exact) mass is 191 g/mol. The molecule has 2 N–H and O–H groups in total. The highest BCUT2D eigenvalue weighted by Crippen LogP contribution is 2.33. The van der Waals surface area contributed by atoms with Crippen LogP contribution in [0.1, 0.15) is 32.6 Å². The van der Waals surface area contributed by atoms with Gasteiger partial charge in [-0.3, -0.25) is 0 Å². The molecule has 0 saturated heterocycles. The van der Waals surface area contributed by atoms with Gasteiger partial charge in [0.05, 0.1) is 0 Å². The molecule has 76 valence electrons. The fourth-order valence-corrected chi connectivity index (χ4v) is 2.05. The fourth-order valence-electron chi connectivity index (χ4n) is 2.05. The Morgan fingerprint density at radius 2 is 1.71 bits per heavy atom. The van der Waals surface area contributed by atoms with Crippen LogP contribution < -0.4 is 10.5 Å². The van der Waals surface area contributed by atoms with Gasteiger partial charge in [-0.1, -0.05) is 0 Å². The first-order chi connectivity index (χ1) is 6.68. The van der Waals surface area contributed by atoms with E-state index in [-0.39, 0.29) is 5.60 Å². The Bertz CT molecular complexity index is 299. The average Bonchev–Trinajstić information content (AvgIpc) is 2.57. The minimum absolute atomic E-state index is 0.0517. The van der Waals surface area contributed by atoms with Crippen molar-refractivity contribution in [1.82, 2.24) is 0 Å². The Hall–Kier alpha value is -1.18. The molecule has 0 unspecified atom stereocenters. The molecule has 0 amide bonds. The van der Waals surface area contributed by atoms with E-state index in [2.05, 4.69) is 6.92 Å². The Kier molecular flexibility index (Phi) is 2.36. The summed E-state index contributed by atoms with van der Waals surface area (Å²) in [6.07, 6.45) is 4.89. The second-order valence-electron chi connectivity index (χ2n) is 4.33. The largest absolute Gasteiger partial charge is 0.488 e. The molecule has 1 aliphatic rings. The van der Waals surface area contributed by atoms with Crippen molar-refractivity contribution >= 4 is 5.69 Å². The van der Waals surface area contributed by atoms with Crippen molar-refractivity contribution in [3.8, 4) is 5.75 Å². The van der Waals surface area contributed by atoms with Gasteiger partial charge in [-0.05, 0) is 56.9 Å². The Morgan fingerprint density at radius 1 is 1.14 bits per heavy atom. The second kappa shape index (κ2) is 3.52. The van der Waals surface area contributed by atoms with E-state index >= 15 is 0 Å². The first-order valence-corrected chi connectivity index (χ1v) is 5.23. The molecule has 14 heavy (non-hydrogen) atoms. The number of nitrogen functional groups attached to an aromatic ring is 1. The maximum Gasteiger partial charge on any atom is 0.120 e. The van der Waals surface area contributed by atoms with Crippen LogP contribution in [0.25, 0.3) is 0 Å². The molecule has 0 aliphatic heterocycles. The number of rotatable bonds is 2. The van der Waals surface area contributed by atoms with Gasteiger partial charge in [-0.25, -0.2) is 0 Å². The molecule has 1 fully saturated rings. The Labute approximate surface area is 85.1 Å². The van der Waals surface area contributed by atoms with Gasteiger partial charge in [0.2, 0.25) is 0 Å². The van der Waals surface area contributed by atoms with Gasteiger partial charge in [0.25, 0.3) is 0 Å². The summed E-state index contributed by atoms with van der Waals surface area (Å²) in [6.45, 7) is 2.19. The smallest absolute Gasteiger partial charge is 0.120 e. The van der Waals surface area contributed by atoms with Gasteiger partial charge in [-0.15, -0.1) is 0 Å². The van der Waals surface area contributed by atoms with E-state index in [0.717, 1.165) is 24.3 Å². The lowest BCUT2D eigenvalue weighted by molar-refractivity contribution is 0.0968. The third-order valence-electron chi connectivity index (χ3n) is 2.91. The van der Waals surface area contributed by atoms with Crippen molar-refractivity contribution < 1.29 is 4.74 Å². The predicted octanol–water partition coefficient (Wildman–Crippen LogP) is 2.98. The van der Waals surface area contributed by atoms with Crippen LogP contribution in [0.3, 0.4) is 0 Å². The molecule has 1 aromatic carbocycles. The molecule has 0 radical (unpaired) electrons. The zero-order valence-corrected chi connectivity index (χ0v) is 8.62. The third-order valence-corrected chi connectivity index (χ3v) is 2.91. The molecule has 0 spiro atoms. The van der Waals surface area contributed by atoms with Gasteiger partial charge in [0.1, 0.15) is 11.4 Å². The third kappa shape index (κ3) is 2.00. The molecule has 1 aromatic rings. The topological polar surface area (TPSA) is 35.2 Å². The normalized spacial score (nSPS) is 19.5. The lowest BCUT2D eigenvalue weighted by atomic mass is 10.1. The molecular weight excluding hydrogens is 174 g/mol. The SMILES string of the molecule is CC1(Oc2ccc(N)cc2)CCCC1. The van der Waals surface area contributed by atoms with E-state index in [9.17, 15) is 0 Å². The minimum atomic E-state index is 0.0517. The summed E-state index contributed by atoms with van der Waals surface area (Å²) in [7, 11) is 0. The first kappa shape index (κ1) is 9.38. The van der Waals surface area contributed by atoms with E-state index in [0.29, 0.717) is 0 Å². The Balaban J connectivity index is 2.06. The molecule has 0 atom stereocenters. The minimum Gasteiger partial charge on any atom is -0.488 e. The van der Waals surface area contributed by atoms with E-state index in [1.165, 1.54) is 12.8 Å². The number of hydrogen-bond donors (Lipinski definition) is 1. The van der Waals surface area contributed by atoms with Gasteiger partial charge < -0.3 is 10.5 Å². The van der Waals surface area contributed by atoms with Crippen molar-refractivity contribution in [2.75, 3.05) is 5.73 Å². The van der Waals surface area contributed by atoms with Crippen LogP contribution in [0, 0.1) is 0 Å². The van der Waals surface area contributed by atoms with E-state index in [1.807, 2.05) is 24.3 Å². The highest BCUT2D eigenvalue weighted by molar-refractivity contribution is 5.41. The van der Waals surface area contributed by atoms with Crippen molar-refractivity contribution in [3.05, 3.63) is 24.3 Å². The van der Waals surface area contributed by atoms with Crippen LogP contribution in [0.4, 0.5) is 5.69 Å². The van der Waals surface area contributed by atoms with Crippen LogP contribution in [0.15, 0.2) is 24.3 Å². The first-order valence-electron chi connectivity index (χ1n) is 5.23. The average molecular weight is 191 g/mol. The maximum absolute atomic E-state index is 5.96. The van der Waals surface area contributed by atoms with Gasteiger partial charge in [0, 0.05) is 5.69 Å². The summed E-state index contributed by atoms with van der Waals surface area (Å²) < 4.78 is 5.96. The van der Waals surface area contributed by atoms with Gasteiger partial charge >= 0.3 is 0 Å². The zero-order valence-electron chi connectivity index (χ0n) is 8.62. The number of benzene rings is 1. The lowest BCUT2D eigenvalue weighted by Gasteiger charge is -2.25. The maximum atomic E-state index is 5.96. The molecule has 2 rings (SSSR count). The van der Waals surface area contributed by atoms with Crippen molar-refractivity contribution in [2.24, 2.45) is 0 Å². The van der Waals surface area contributed by atoms with Crippen molar-refractivity contribution in [1.29, 1.82) is 0 Å². The summed E-state index contributed by atoms with van der Waals surface area (Å²) in [5, 5.41) is 0. The van der Waals surface area contributed by atoms with E-state index in [4.69, 9.17) is 10.5 Å². The number of anilines is 1. The summed E-state index contributed by atoms with van der Waals surface area (Å²) in [6, 6.07) is 7.65. The quantitative estimate of drug-likeness (QED) is 0.729. The molecular formula is C12H17NO. The molecule has 2 heteroatoms. The number of ether oxygens (including phenoxy) is 1. The Morgan fingerprint density at radius 3 is 2.29 bits per heavy atom. The summed E-state index contributed by atoms with van der Waals surface area (Å²) >= 11 is 0. The fraction of sp³-hybridized carbons (Fsp3) is 0.500. The summed E-state index contributed by atoms with van der Waals surface area (Å²) in [5.74, 6) is 0.934. The molecule has 0 heterocycles. The molecule has 1 saturated carbocycles. The summed E-state index contributed by atoms with van der Waals surface area (Å²) in [4.78, 5) is 0. The summed E-state index contributed by atoms with van der Waals surface area (Å²) in [5.41, 5.74) is 6.45. The van der Waals surface area contributed by atoms with Crippen LogP contribution in [-0.2, 0) is 0 Å². The number of hydrogen-bond acceptors (Lipinski definition) is 2. The van der Waals surface area contributed by atoms with Crippen molar-refractivity contribution in [2.45, 2.75) is 38.2 Å². The van der Waals surface area contributed by atoms with Crippen molar-refractivity contribution in [3.63, 3.8) is 0 Å². The lowest BCUT2D eigenvalue weighted by Crippen LogP contribution is -2.27. The molecule has 0 aromatic heterocycles. The highest BCUT2D eigenvalue weighted by atomic mass is 16.5. The van der Waals surface area contributed by atoms with E-state index in [1.54, 1.807) is 0 Å². The van der Waals surface area contributed by atoms with Crippen LogP contribution in [-0.4, -0.2) is 5.60 Å².